The number of halogens is 1. The Labute approximate surface area is 214 Å². The average molecular weight is 506 g/mol. The summed E-state index contributed by atoms with van der Waals surface area (Å²) in [6.45, 7) is 2.62. The maximum absolute atomic E-state index is 13.5. The highest BCUT2D eigenvalue weighted by Crippen LogP contribution is 2.33. The topological polar surface area (TPSA) is 90.8 Å². The molecule has 9 heteroatoms. The van der Waals surface area contributed by atoms with E-state index in [1.807, 2.05) is 19.1 Å². The van der Waals surface area contributed by atoms with Crippen molar-refractivity contribution in [3.8, 4) is 11.3 Å². The lowest BCUT2D eigenvalue weighted by molar-refractivity contribution is 0.0430. The van der Waals surface area contributed by atoms with Crippen molar-refractivity contribution in [3.63, 3.8) is 0 Å². The summed E-state index contributed by atoms with van der Waals surface area (Å²) in [5, 5.41) is 2.87. The first-order valence-electron chi connectivity index (χ1n) is 13.4. The Morgan fingerprint density at radius 1 is 1.05 bits per heavy atom. The van der Waals surface area contributed by atoms with E-state index >= 15 is 0 Å². The van der Waals surface area contributed by atoms with Crippen LogP contribution in [0.1, 0.15) is 77.8 Å². The third-order valence-electron chi connectivity index (χ3n) is 8.37. The summed E-state index contributed by atoms with van der Waals surface area (Å²) in [6, 6.07) is 9.66. The van der Waals surface area contributed by atoms with Gasteiger partial charge in [0.1, 0.15) is 11.3 Å². The van der Waals surface area contributed by atoms with Crippen molar-refractivity contribution in [2.24, 2.45) is 5.92 Å². The number of aromatic nitrogens is 3. The largest absolute Gasteiger partial charge is 0.338 e. The number of hydrogen-bond donors (Lipinski definition) is 1. The van der Waals surface area contributed by atoms with Gasteiger partial charge in [0.2, 0.25) is 0 Å². The van der Waals surface area contributed by atoms with Crippen LogP contribution in [0.4, 0.5) is 4.39 Å². The van der Waals surface area contributed by atoms with Crippen molar-refractivity contribution in [2.45, 2.75) is 57.4 Å². The van der Waals surface area contributed by atoms with Crippen molar-refractivity contribution in [2.75, 3.05) is 26.3 Å². The predicted molar refractivity (Wildman–Crippen MR) is 138 cm³/mol. The van der Waals surface area contributed by atoms with Crippen LogP contribution in [0.2, 0.25) is 0 Å². The van der Waals surface area contributed by atoms with Crippen LogP contribution in [0.3, 0.4) is 0 Å². The second-order valence-corrected chi connectivity index (χ2v) is 10.8. The molecule has 8 nitrogen and oxygen atoms in total. The number of nitrogens with one attached hydrogen (secondary N) is 1. The van der Waals surface area contributed by atoms with Crippen LogP contribution in [-0.2, 0) is 0 Å². The second kappa shape index (κ2) is 9.43. The molecule has 1 saturated carbocycles. The number of carbonyl (C=O) groups is 2. The quantitative estimate of drug-likeness (QED) is 0.567. The molecule has 0 radical (unpaired) electrons. The summed E-state index contributed by atoms with van der Waals surface area (Å²) in [6.07, 6.45) is 7.10. The molecule has 4 heterocycles. The van der Waals surface area contributed by atoms with Gasteiger partial charge in [-0.2, -0.15) is 0 Å². The minimum Gasteiger partial charge on any atom is -0.338 e. The normalized spacial score (nSPS) is 20.6. The van der Waals surface area contributed by atoms with Crippen molar-refractivity contribution in [1.29, 1.82) is 0 Å². The molecular weight excluding hydrogens is 473 g/mol. The third kappa shape index (κ3) is 4.14. The highest BCUT2D eigenvalue weighted by Gasteiger charge is 2.38. The molecule has 3 fully saturated rings. The molecule has 1 aliphatic carbocycles. The molecule has 3 aliphatic rings. The average Bonchev–Trinajstić information content (AvgIpc) is 3.28. The van der Waals surface area contributed by atoms with E-state index in [-0.39, 0.29) is 47.9 Å². The molecule has 0 bridgehead atoms. The van der Waals surface area contributed by atoms with Crippen LogP contribution < -0.4 is 5.56 Å². The SMILES string of the molecule is C[C@@H]1CCN1C(=O)c1[nH]n2c(=O)cc(-c3ccc(C4CCCCC4)cc3)nc2c1C(=O)N1CC(CF)C1. The zero-order valence-electron chi connectivity index (χ0n) is 21.1. The van der Waals surface area contributed by atoms with Crippen molar-refractivity contribution in [1.82, 2.24) is 24.4 Å². The van der Waals surface area contributed by atoms with E-state index in [2.05, 4.69) is 17.2 Å². The van der Waals surface area contributed by atoms with Crippen LogP contribution >= 0.6 is 0 Å². The zero-order chi connectivity index (χ0) is 25.7. The van der Waals surface area contributed by atoms with Gasteiger partial charge in [0.25, 0.3) is 17.4 Å². The summed E-state index contributed by atoms with van der Waals surface area (Å²) in [5.74, 6) is -0.359. The Kier molecular flexibility index (Phi) is 6.09. The Morgan fingerprint density at radius 3 is 2.41 bits per heavy atom. The molecule has 194 valence electrons. The molecular formula is C28H32FN5O3. The van der Waals surface area contributed by atoms with E-state index in [0.717, 1.165) is 12.0 Å². The maximum Gasteiger partial charge on any atom is 0.273 e. The van der Waals surface area contributed by atoms with Gasteiger partial charge < -0.3 is 9.80 Å². The maximum atomic E-state index is 13.5. The molecule has 0 unspecified atom stereocenters. The molecule has 3 aromatic rings. The fraction of sp³-hybridized carbons (Fsp3) is 0.500. The van der Waals surface area contributed by atoms with Gasteiger partial charge in [0.05, 0.1) is 12.4 Å². The van der Waals surface area contributed by atoms with Gasteiger partial charge in [0.15, 0.2) is 5.65 Å². The van der Waals surface area contributed by atoms with Gasteiger partial charge in [-0.25, -0.2) is 9.50 Å². The third-order valence-corrected chi connectivity index (χ3v) is 8.37. The molecule has 2 amide bonds. The van der Waals surface area contributed by atoms with Gasteiger partial charge >= 0.3 is 0 Å². The van der Waals surface area contributed by atoms with Crippen molar-refractivity contribution < 1.29 is 14.0 Å². The second-order valence-electron chi connectivity index (χ2n) is 10.8. The molecule has 1 N–H and O–H groups in total. The Hall–Kier alpha value is -3.49. The van der Waals surface area contributed by atoms with E-state index in [4.69, 9.17) is 4.98 Å². The number of benzene rings is 1. The summed E-state index contributed by atoms with van der Waals surface area (Å²) in [4.78, 5) is 48.0. The number of alkyl halides is 1. The smallest absolute Gasteiger partial charge is 0.273 e. The molecule has 2 aromatic heterocycles. The predicted octanol–water partition coefficient (Wildman–Crippen LogP) is 4.01. The fourth-order valence-corrected chi connectivity index (χ4v) is 5.86. The van der Waals surface area contributed by atoms with E-state index < -0.39 is 18.1 Å². The Bertz CT molecular complexity index is 1400. The standard InChI is InChI=1S/C28H32FN5O3/c1-17-11-12-33(17)28(37)25-24(27(36)32-15-18(14-29)16-32)26-30-22(13-23(35)34(26)31-25)21-9-7-20(8-10-21)19-5-3-2-4-6-19/h7-10,13,17-19,31H,2-6,11-12,14-16H2,1H3/t17-/m1/s1. The summed E-state index contributed by atoms with van der Waals surface area (Å²) >= 11 is 0. The van der Waals surface area contributed by atoms with Crippen LogP contribution in [0.15, 0.2) is 35.1 Å². The number of aromatic amines is 1. The number of nitrogens with zero attached hydrogens (tertiary/aromatic N) is 4. The number of carbonyl (C=O) groups excluding carboxylic acids is 2. The Morgan fingerprint density at radius 2 is 1.78 bits per heavy atom. The number of H-pyrrole nitrogens is 1. The van der Waals surface area contributed by atoms with Crippen molar-refractivity contribution in [3.05, 3.63) is 57.5 Å². The van der Waals surface area contributed by atoms with Crippen LogP contribution in [0, 0.1) is 5.92 Å². The molecule has 1 aromatic carbocycles. The highest BCUT2D eigenvalue weighted by atomic mass is 19.1. The summed E-state index contributed by atoms with van der Waals surface area (Å²) < 4.78 is 14.2. The van der Waals surface area contributed by atoms with Crippen molar-refractivity contribution >= 4 is 17.5 Å². The zero-order valence-corrected chi connectivity index (χ0v) is 21.1. The number of rotatable bonds is 5. The van der Waals surface area contributed by atoms with Crippen LogP contribution in [0.5, 0.6) is 0 Å². The van der Waals surface area contributed by atoms with Gasteiger partial charge in [-0.05, 0) is 37.7 Å². The van der Waals surface area contributed by atoms with E-state index in [1.165, 1.54) is 53.1 Å². The molecule has 6 rings (SSSR count). The first-order chi connectivity index (χ1) is 17.9. The van der Waals surface area contributed by atoms with E-state index in [1.54, 1.807) is 4.90 Å². The molecule has 1 atom stereocenters. The minimum atomic E-state index is -0.493. The number of amides is 2. The molecule has 37 heavy (non-hydrogen) atoms. The van der Waals surface area contributed by atoms with E-state index in [0.29, 0.717) is 18.2 Å². The van der Waals surface area contributed by atoms with Crippen LogP contribution in [-0.4, -0.2) is 68.6 Å². The Balaban J connectivity index is 1.40. The minimum absolute atomic E-state index is 0.0599. The van der Waals surface area contributed by atoms with Gasteiger partial charge in [-0.3, -0.25) is 23.9 Å². The van der Waals surface area contributed by atoms with Gasteiger partial charge in [-0.15, -0.1) is 0 Å². The molecule has 2 aliphatic heterocycles. The number of hydrogen-bond acceptors (Lipinski definition) is 4. The lowest BCUT2D eigenvalue weighted by atomic mass is 9.84. The van der Waals surface area contributed by atoms with Gasteiger partial charge in [0, 0.05) is 43.2 Å². The number of fused-ring (bicyclic) bond motifs is 1. The summed E-state index contributed by atoms with van der Waals surface area (Å²) in [5.41, 5.74) is 2.42. The van der Waals surface area contributed by atoms with Crippen LogP contribution in [0.25, 0.3) is 16.9 Å². The monoisotopic (exact) mass is 505 g/mol. The first kappa shape index (κ1) is 23.9. The lowest BCUT2D eigenvalue weighted by Crippen LogP contribution is -2.52. The first-order valence-corrected chi connectivity index (χ1v) is 13.4. The highest BCUT2D eigenvalue weighted by molar-refractivity contribution is 6.10. The van der Waals surface area contributed by atoms with E-state index in [9.17, 15) is 18.8 Å². The number of likely N-dealkylation sites (tertiary alicyclic amines) is 2. The van der Waals surface area contributed by atoms with Gasteiger partial charge in [-0.1, -0.05) is 43.5 Å². The summed E-state index contributed by atoms with van der Waals surface area (Å²) in [7, 11) is 0. The lowest BCUT2D eigenvalue weighted by Gasteiger charge is -2.39. The molecule has 2 saturated heterocycles. The fourth-order valence-electron chi connectivity index (χ4n) is 5.86. The molecule has 0 spiro atoms.